The van der Waals surface area contributed by atoms with Crippen molar-refractivity contribution in [2.24, 2.45) is 0 Å². The molecule has 7 nitrogen and oxygen atoms in total. The van der Waals surface area contributed by atoms with Crippen molar-refractivity contribution in [1.29, 1.82) is 0 Å². The number of thiophene rings is 1. The molecule has 1 aliphatic heterocycles. The fourth-order valence-electron chi connectivity index (χ4n) is 4.66. The van der Waals surface area contributed by atoms with Crippen LogP contribution in [0, 0.1) is 0 Å². The summed E-state index contributed by atoms with van der Waals surface area (Å²) in [6.45, 7) is 2.70. The van der Waals surface area contributed by atoms with Gasteiger partial charge in [0.1, 0.15) is 4.83 Å². The Morgan fingerprint density at radius 1 is 1.21 bits per heavy atom. The Morgan fingerprint density at radius 2 is 1.97 bits per heavy atom. The van der Waals surface area contributed by atoms with Crippen molar-refractivity contribution in [3.63, 3.8) is 0 Å². The maximum atomic E-state index is 13.8. The number of para-hydroxylation sites is 1. The van der Waals surface area contributed by atoms with E-state index in [-0.39, 0.29) is 29.2 Å². The zero-order valence-electron chi connectivity index (χ0n) is 18.5. The summed E-state index contributed by atoms with van der Waals surface area (Å²) in [5.74, 6) is 0.227. The molecule has 1 aromatic carbocycles. The molecule has 1 fully saturated rings. The molecule has 5 rings (SSSR count). The minimum absolute atomic E-state index is 0.0246. The molecule has 2 aliphatic rings. The van der Waals surface area contributed by atoms with Crippen molar-refractivity contribution in [2.45, 2.75) is 56.8 Å². The van der Waals surface area contributed by atoms with Crippen molar-refractivity contribution in [2.75, 3.05) is 12.3 Å². The first-order chi connectivity index (χ1) is 16.0. The van der Waals surface area contributed by atoms with Crippen LogP contribution < -0.4 is 10.9 Å². The lowest BCUT2D eigenvalue weighted by molar-refractivity contribution is -0.129. The molecular formula is C24H26N4O3S2. The normalized spacial score (nSPS) is 16.2. The monoisotopic (exact) mass is 482 g/mol. The lowest BCUT2D eigenvalue weighted by Crippen LogP contribution is -2.34. The van der Waals surface area contributed by atoms with Gasteiger partial charge in [-0.1, -0.05) is 42.8 Å². The van der Waals surface area contributed by atoms with Gasteiger partial charge in [-0.25, -0.2) is 4.98 Å². The highest BCUT2D eigenvalue weighted by molar-refractivity contribution is 7.99. The van der Waals surface area contributed by atoms with Gasteiger partial charge in [-0.15, -0.1) is 11.3 Å². The maximum Gasteiger partial charge on any atom is 0.267 e. The van der Waals surface area contributed by atoms with E-state index in [4.69, 9.17) is 4.98 Å². The van der Waals surface area contributed by atoms with E-state index < -0.39 is 0 Å². The van der Waals surface area contributed by atoms with Gasteiger partial charge in [0.15, 0.2) is 5.16 Å². The number of thioether (sulfide) groups is 1. The molecule has 2 aromatic heterocycles. The SMILES string of the molecule is CC(=O)N1CCc2c(sc3nc(SCC(=O)NC4CCCC4)n(-c4ccccc4)c(=O)c23)C1. The minimum Gasteiger partial charge on any atom is -0.353 e. The zero-order valence-corrected chi connectivity index (χ0v) is 20.1. The van der Waals surface area contributed by atoms with Gasteiger partial charge in [0, 0.05) is 24.4 Å². The molecule has 0 spiro atoms. The number of nitrogens with zero attached hydrogens (tertiary/aromatic N) is 3. The molecule has 0 radical (unpaired) electrons. The summed E-state index contributed by atoms with van der Waals surface area (Å²) in [5, 5.41) is 4.26. The summed E-state index contributed by atoms with van der Waals surface area (Å²) in [7, 11) is 0. The smallest absolute Gasteiger partial charge is 0.267 e. The Labute approximate surface area is 200 Å². The Bertz CT molecular complexity index is 1260. The fourth-order valence-corrected chi connectivity index (χ4v) is 6.76. The van der Waals surface area contributed by atoms with Crippen LogP contribution in [0.1, 0.15) is 43.0 Å². The predicted molar refractivity (Wildman–Crippen MR) is 131 cm³/mol. The maximum absolute atomic E-state index is 13.8. The summed E-state index contributed by atoms with van der Waals surface area (Å²) in [6.07, 6.45) is 5.04. The molecule has 172 valence electrons. The van der Waals surface area contributed by atoms with Crippen LogP contribution in [0.2, 0.25) is 0 Å². The van der Waals surface area contributed by atoms with Gasteiger partial charge in [-0.2, -0.15) is 0 Å². The number of benzene rings is 1. The molecular weight excluding hydrogens is 456 g/mol. The Morgan fingerprint density at radius 3 is 2.70 bits per heavy atom. The number of carbonyl (C=O) groups excluding carboxylic acids is 2. The van der Waals surface area contributed by atoms with Crippen molar-refractivity contribution < 1.29 is 9.59 Å². The van der Waals surface area contributed by atoms with Gasteiger partial charge in [0.2, 0.25) is 11.8 Å². The Kier molecular flexibility index (Phi) is 6.25. The first kappa shape index (κ1) is 22.2. The first-order valence-corrected chi connectivity index (χ1v) is 13.1. The van der Waals surface area contributed by atoms with Gasteiger partial charge in [-0.3, -0.25) is 19.0 Å². The molecule has 0 saturated heterocycles. The number of nitrogens with one attached hydrogen (secondary N) is 1. The topological polar surface area (TPSA) is 84.3 Å². The van der Waals surface area contributed by atoms with Crippen molar-refractivity contribution in [1.82, 2.24) is 19.8 Å². The number of aromatic nitrogens is 2. The van der Waals surface area contributed by atoms with Gasteiger partial charge < -0.3 is 10.2 Å². The zero-order chi connectivity index (χ0) is 22.9. The summed E-state index contributed by atoms with van der Waals surface area (Å²) >= 11 is 2.78. The van der Waals surface area contributed by atoms with Crippen LogP contribution in [0.25, 0.3) is 15.9 Å². The predicted octanol–water partition coefficient (Wildman–Crippen LogP) is 3.50. The molecule has 33 heavy (non-hydrogen) atoms. The van der Waals surface area contributed by atoms with Crippen molar-refractivity contribution in [3.8, 4) is 5.69 Å². The van der Waals surface area contributed by atoms with Gasteiger partial charge in [0.05, 0.1) is 23.4 Å². The molecule has 9 heteroatoms. The van der Waals surface area contributed by atoms with Gasteiger partial charge in [0.25, 0.3) is 5.56 Å². The molecule has 0 atom stereocenters. The Balaban J connectivity index is 1.52. The number of hydrogen-bond acceptors (Lipinski definition) is 6. The summed E-state index contributed by atoms with van der Waals surface area (Å²) < 4.78 is 1.63. The highest BCUT2D eigenvalue weighted by Gasteiger charge is 2.27. The summed E-state index contributed by atoms with van der Waals surface area (Å²) in [5.41, 5.74) is 1.63. The second kappa shape index (κ2) is 9.30. The third-order valence-corrected chi connectivity index (χ3v) is 8.41. The second-order valence-electron chi connectivity index (χ2n) is 8.58. The van der Waals surface area contributed by atoms with E-state index in [1.165, 1.54) is 23.1 Å². The van der Waals surface area contributed by atoms with Crippen LogP contribution in [0.5, 0.6) is 0 Å². The number of fused-ring (bicyclic) bond motifs is 3. The van der Waals surface area contributed by atoms with Gasteiger partial charge >= 0.3 is 0 Å². The van der Waals surface area contributed by atoms with Crippen LogP contribution in [0.15, 0.2) is 40.3 Å². The quantitative estimate of drug-likeness (QED) is 0.445. The minimum atomic E-state index is -0.112. The van der Waals surface area contributed by atoms with E-state index in [9.17, 15) is 14.4 Å². The molecule has 2 amide bonds. The number of hydrogen-bond donors (Lipinski definition) is 1. The molecule has 1 saturated carbocycles. The molecule has 0 unspecified atom stereocenters. The van der Waals surface area contributed by atoms with Crippen LogP contribution in [-0.2, 0) is 22.6 Å². The highest BCUT2D eigenvalue weighted by Crippen LogP contribution is 2.34. The highest BCUT2D eigenvalue weighted by atomic mass is 32.2. The van der Waals surface area contributed by atoms with E-state index in [1.807, 2.05) is 30.3 Å². The van der Waals surface area contributed by atoms with Crippen molar-refractivity contribution >= 4 is 45.1 Å². The average Bonchev–Trinajstić information content (AvgIpc) is 3.45. The molecule has 1 N–H and O–H groups in total. The largest absolute Gasteiger partial charge is 0.353 e. The standard InChI is InChI=1S/C24H26N4O3S2/c1-15(29)27-12-11-18-19(13-27)33-22-21(18)23(31)28(17-9-3-2-4-10-17)24(26-22)32-14-20(30)25-16-7-5-6-8-16/h2-4,9-10,16H,5-8,11-14H2,1H3,(H,25,30). The fraction of sp³-hybridized carbons (Fsp3) is 0.417. The summed E-state index contributed by atoms with van der Waals surface area (Å²) in [4.78, 5) is 46.5. The lowest BCUT2D eigenvalue weighted by atomic mass is 10.1. The first-order valence-electron chi connectivity index (χ1n) is 11.3. The number of carbonyl (C=O) groups is 2. The van der Waals surface area contributed by atoms with Crippen molar-refractivity contribution in [3.05, 3.63) is 51.1 Å². The second-order valence-corrected chi connectivity index (χ2v) is 10.6. The van der Waals surface area contributed by atoms with Crippen LogP contribution >= 0.6 is 23.1 Å². The van der Waals surface area contributed by atoms with Crippen LogP contribution in [0.3, 0.4) is 0 Å². The Hall–Kier alpha value is -2.65. The third-order valence-electron chi connectivity index (χ3n) is 6.36. The average molecular weight is 483 g/mol. The van der Waals surface area contributed by atoms with E-state index in [1.54, 1.807) is 16.4 Å². The third kappa shape index (κ3) is 4.44. The molecule has 3 heterocycles. The number of amides is 2. The molecule has 3 aromatic rings. The van der Waals surface area contributed by atoms with E-state index in [2.05, 4.69) is 5.32 Å². The lowest BCUT2D eigenvalue weighted by Gasteiger charge is -2.25. The van der Waals surface area contributed by atoms with Gasteiger partial charge in [-0.05, 0) is 37.0 Å². The molecule has 0 bridgehead atoms. The number of rotatable bonds is 5. The molecule has 1 aliphatic carbocycles. The van der Waals surface area contributed by atoms with E-state index in [0.29, 0.717) is 34.9 Å². The van der Waals surface area contributed by atoms with E-state index >= 15 is 0 Å². The van der Waals surface area contributed by atoms with E-state index in [0.717, 1.165) is 41.8 Å². The summed E-state index contributed by atoms with van der Waals surface area (Å²) in [6, 6.07) is 9.72. The van der Waals surface area contributed by atoms with Crippen LogP contribution in [0.4, 0.5) is 0 Å². The van der Waals surface area contributed by atoms with Crippen LogP contribution in [-0.4, -0.2) is 44.6 Å².